The first-order valence-corrected chi connectivity index (χ1v) is 5.67. The lowest BCUT2D eigenvalue weighted by molar-refractivity contribution is 0.101. The minimum atomic E-state index is -0.154. The van der Waals surface area contributed by atoms with Crippen LogP contribution in [0, 0.1) is 3.57 Å². The summed E-state index contributed by atoms with van der Waals surface area (Å²) in [5.74, 6) is 0.172. The van der Waals surface area contributed by atoms with Crippen molar-refractivity contribution in [1.29, 1.82) is 0 Å². The second kappa shape index (κ2) is 4.37. The highest BCUT2D eigenvalue weighted by atomic mass is 127. The Morgan fingerprint density at radius 3 is 2.73 bits per heavy atom. The van der Waals surface area contributed by atoms with E-state index in [0.29, 0.717) is 16.3 Å². The Morgan fingerprint density at radius 1 is 1.33 bits per heavy atom. The van der Waals surface area contributed by atoms with E-state index in [2.05, 4.69) is 22.6 Å². The van der Waals surface area contributed by atoms with E-state index >= 15 is 0 Å². The monoisotopic (exact) mass is 332 g/mol. The minimum absolute atomic E-state index is 0.154. The van der Waals surface area contributed by atoms with E-state index in [1.54, 1.807) is 30.3 Å². The van der Waals surface area contributed by atoms with Gasteiger partial charge in [0.05, 0.1) is 11.3 Å². The number of halogens is 2. The lowest BCUT2D eigenvalue weighted by Crippen LogP contribution is -1.99. The summed E-state index contributed by atoms with van der Waals surface area (Å²) in [6, 6.07) is 8.50. The minimum Gasteiger partial charge on any atom is -0.461 e. The zero-order valence-corrected chi connectivity index (χ0v) is 10.4. The molecule has 0 aliphatic carbocycles. The molecule has 0 fully saturated rings. The van der Waals surface area contributed by atoms with Gasteiger partial charge in [0.25, 0.3) is 0 Å². The van der Waals surface area contributed by atoms with Crippen LogP contribution >= 0.6 is 34.2 Å². The first-order chi connectivity index (χ1) is 7.18. The second-order valence-corrected chi connectivity index (χ2v) is 4.50. The molecule has 1 aromatic heterocycles. The van der Waals surface area contributed by atoms with Crippen LogP contribution in [0.4, 0.5) is 0 Å². The molecule has 0 amide bonds. The molecule has 0 saturated heterocycles. The molecule has 0 atom stereocenters. The standard InChI is InChI=1S/C11H6ClIO2/c12-8-6-7(3-4-9(8)13)11(14)10-2-1-5-15-10/h1-6H. The molecule has 0 spiro atoms. The van der Waals surface area contributed by atoms with Crippen molar-refractivity contribution < 1.29 is 9.21 Å². The van der Waals surface area contributed by atoms with Gasteiger partial charge in [-0.2, -0.15) is 0 Å². The number of carbonyl (C=O) groups is 1. The molecule has 0 N–H and O–H groups in total. The van der Waals surface area contributed by atoms with Gasteiger partial charge in [-0.15, -0.1) is 0 Å². The molecule has 4 heteroatoms. The maximum Gasteiger partial charge on any atom is 0.228 e. The van der Waals surface area contributed by atoms with Crippen LogP contribution in [0.3, 0.4) is 0 Å². The summed E-state index contributed by atoms with van der Waals surface area (Å²) in [6.45, 7) is 0. The Morgan fingerprint density at radius 2 is 2.13 bits per heavy atom. The van der Waals surface area contributed by atoms with Crippen molar-refractivity contribution in [3.05, 3.63) is 56.5 Å². The summed E-state index contributed by atoms with van der Waals surface area (Å²) in [5, 5.41) is 0.577. The first kappa shape index (κ1) is 10.7. The lowest BCUT2D eigenvalue weighted by Gasteiger charge is -2.00. The molecular formula is C11H6ClIO2. The van der Waals surface area contributed by atoms with Gasteiger partial charge in [-0.25, -0.2) is 0 Å². The SMILES string of the molecule is O=C(c1ccc(I)c(Cl)c1)c1ccco1. The molecule has 0 aliphatic rings. The summed E-state index contributed by atoms with van der Waals surface area (Å²) in [6.07, 6.45) is 1.47. The van der Waals surface area contributed by atoms with Crippen molar-refractivity contribution in [2.75, 3.05) is 0 Å². The molecule has 76 valence electrons. The molecule has 15 heavy (non-hydrogen) atoms. The van der Waals surface area contributed by atoms with Crippen molar-refractivity contribution in [2.45, 2.75) is 0 Å². The maximum atomic E-state index is 11.8. The lowest BCUT2D eigenvalue weighted by atomic mass is 10.1. The topological polar surface area (TPSA) is 30.2 Å². The van der Waals surface area contributed by atoms with E-state index in [0.717, 1.165) is 3.57 Å². The molecule has 1 heterocycles. The van der Waals surface area contributed by atoms with Gasteiger partial charge < -0.3 is 4.42 Å². The fourth-order valence-electron chi connectivity index (χ4n) is 1.19. The normalized spacial score (nSPS) is 10.3. The van der Waals surface area contributed by atoms with Crippen LogP contribution in [0.5, 0.6) is 0 Å². The van der Waals surface area contributed by atoms with E-state index in [-0.39, 0.29) is 5.78 Å². The molecule has 0 unspecified atom stereocenters. The number of rotatable bonds is 2. The van der Waals surface area contributed by atoms with E-state index in [1.165, 1.54) is 6.26 Å². The Kier molecular flexibility index (Phi) is 3.11. The van der Waals surface area contributed by atoms with Crippen molar-refractivity contribution in [1.82, 2.24) is 0 Å². The van der Waals surface area contributed by atoms with Crippen molar-refractivity contribution in [3.63, 3.8) is 0 Å². The summed E-state index contributed by atoms with van der Waals surface area (Å²) in [5.41, 5.74) is 0.537. The molecule has 0 bridgehead atoms. The van der Waals surface area contributed by atoms with Gasteiger partial charge in [0.1, 0.15) is 0 Å². The molecule has 0 aliphatic heterocycles. The smallest absolute Gasteiger partial charge is 0.228 e. The van der Waals surface area contributed by atoms with Crippen LogP contribution in [0.2, 0.25) is 5.02 Å². The third-order valence-electron chi connectivity index (χ3n) is 1.93. The molecule has 0 saturated carbocycles. The summed E-state index contributed by atoms with van der Waals surface area (Å²) in [4.78, 5) is 11.8. The highest BCUT2D eigenvalue weighted by molar-refractivity contribution is 14.1. The quantitative estimate of drug-likeness (QED) is 0.619. The maximum absolute atomic E-state index is 11.8. The number of ketones is 1. The van der Waals surface area contributed by atoms with Gasteiger partial charge in [-0.1, -0.05) is 11.6 Å². The van der Waals surface area contributed by atoms with E-state index in [1.807, 2.05) is 0 Å². The van der Waals surface area contributed by atoms with Gasteiger partial charge in [-0.05, 0) is 52.9 Å². The van der Waals surface area contributed by atoms with Crippen LogP contribution in [0.1, 0.15) is 16.1 Å². The highest BCUT2D eigenvalue weighted by Gasteiger charge is 2.12. The third kappa shape index (κ3) is 2.23. The highest BCUT2D eigenvalue weighted by Crippen LogP contribution is 2.21. The second-order valence-electron chi connectivity index (χ2n) is 2.94. The zero-order valence-electron chi connectivity index (χ0n) is 7.54. The van der Waals surface area contributed by atoms with Gasteiger partial charge in [0.15, 0.2) is 5.76 Å². The molecule has 2 nitrogen and oxygen atoms in total. The Balaban J connectivity index is 2.39. The van der Waals surface area contributed by atoms with Gasteiger partial charge in [0, 0.05) is 9.13 Å². The van der Waals surface area contributed by atoms with Gasteiger partial charge in [-0.3, -0.25) is 4.79 Å². The molecule has 1 aromatic carbocycles. The number of hydrogen-bond acceptors (Lipinski definition) is 2. The van der Waals surface area contributed by atoms with Crippen molar-refractivity contribution in [2.24, 2.45) is 0 Å². The Hall–Kier alpha value is -0.810. The molecule has 2 aromatic rings. The summed E-state index contributed by atoms with van der Waals surface area (Å²) >= 11 is 8.04. The van der Waals surface area contributed by atoms with Crippen molar-refractivity contribution in [3.8, 4) is 0 Å². The average Bonchev–Trinajstić information content (AvgIpc) is 2.74. The Bertz CT molecular complexity index is 491. The number of benzene rings is 1. The zero-order chi connectivity index (χ0) is 10.8. The number of carbonyl (C=O) groups excluding carboxylic acids is 1. The third-order valence-corrected chi connectivity index (χ3v) is 3.50. The predicted octanol–water partition coefficient (Wildman–Crippen LogP) is 3.77. The van der Waals surface area contributed by atoms with Crippen LogP contribution < -0.4 is 0 Å². The van der Waals surface area contributed by atoms with Crippen LogP contribution in [0.25, 0.3) is 0 Å². The average molecular weight is 333 g/mol. The molecular weight excluding hydrogens is 326 g/mol. The van der Waals surface area contributed by atoms with Crippen LogP contribution in [0.15, 0.2) is 41.0 Å². The first-order valence-electron chi connectivity index (χ1n) is 4.22. The number of furan rings is 1. The summed E-state index contributed by atoms with van der Waals surface area (Å²) in [7, 11) is 0. The molecule has 2 rings (SSSR count). The van der Waals surface area contributed by atoms with E-state index in [9.17, 15) is 4.79 Å². The van der Waals surface area contributed by atoms with Crippen molar-refractivity contribution >= 4 is 40.0 Å². The van der Waals surface area contributed by atoms with Gasteiger partial charge in [0.2, 0.25) is 5.78 Å². The molecule has 0 radical (unpaired) electrons. The van der Waals surface area contributed by atoms with Crippen LogP contribution in [-0.4, -0.2) is 5.78 Å². The van der Waals surface area contributed by atoms with E-state index in [4.69, 9.17) is 16.0 Å². The number of hydrogen-bond donors (Lipinski definition) is 0. The fourth-order valence-corrected chi connectivity index (χ4v) is 1.70. The van der Waals surface area contributed by atoms with Crippen LogP contribution in [-0.2, 0) is 0 Å². The summed E-state index contributed by atoms with van der Waals surface area (Å²) < 4.78 is 5.95. The predicted molar refractivity (Wildman–Crippen MR) is 66.3 cm³/mol. The fraction of sp³-hybridized carbons (Fsp3) is 0. The van der Waals surface area contributed by atoms with Gasteiger partial charge >= 0.3 is 0 Å². The largest absolute Gasteiger partial charge is 0.461 e. The Labute approximate surface area is 105 Å². The van der Waals surface area contributed by atoms with E-state index < -0.39 is 0 Å².